The monoisotopic (exact) mass is 446 g/mol. The van der Waals surface area contributed by atoms with E-state index in [9.17, 15) is 24.3 Å². The van der Waals surface area contributed by atoms with Gasteiger partial charge in [-0.2, -0.15) is 0 Å². The summed E-state index contributed by atoms with van der Waals surface area (Å²) >= 11 is 0. The fourth-order valence-electron chi connectivity index (χ4n) is 3.24. The van der Waals surface area contributed by atoms with Crippen molar-refractivity contribution in [1.82, 2.24) is 10.6 Å². The van der Waals surface area contributed by atoms with Crippen LogP contribution in [-0.4, -0.2) is 61.3 Å². The number of benzene rings is 1. The molecule has 4 atom stereocenters. The van der Waals surface area contributed by atoms with Crippen molar-refractivity contribution in [2.45, 2.75) is 38.3 Å². The van der Waals surface area contributed by atoms with Gasteiger partial charge in [-0.05, 0) is 31.7 Å². The Balaban J connectivity index is 2.25. The summed E-state index contributed by atoms with van der Waals surface area (Å²) in [6.45, 7) is 0.914. The van der Waals surface area contributed by atoms with Gasteiger partial charge in [0.15, 0.2) is 6.04 Å². The molecular formula is C23H30N2O7. The zero-order chi connectivity index (χ0) is 23.5. The van der Waals surface area contributed by atoms with Gasteiger partial charge in [-0.15, -0.1) is 0 Å². The summed E-state index contributed by atoms with van der Waals surface area (Å²) in [6.07, 6.45) is 4.26. The minimum Gasteiger partial charge on any atom is -0.467 e. The molecule has 2 rings (SSSR count). The first-order valence-electron chi connectivity index (χ1n) is 10.5. The molecule has 1 aromatic carbocycles. The molecule has 3 N–H and O–H groups in total. The van der Waals surface area contributed by atoms with E-state index in [-0.39, 0.29) is 13.0 Å². The van der Waals surface area contributed by atoms with Crippen LogP contribution >= 0.6 is 0 Å². The maximum Gasteiger partial charge on any atom is 0.331 e. The molecule has 1 aromatic rings. The van der Waals surface area contributed by atoms with Crippen molar-refractivity contribution in [3.63, 3.8) is 0 Å². The molecular weight excluding hydrogens is 416 g/mol. The number of carbonyl (C=O) groups excluding carboxylic acids is 4. The molecule has 0 aliphatic carbocycles. The maximum absolute atomic E-state index is 12.7. The quantitative estimate of drug-likeness (QED) is 0.330. The standard InChI is InChI=1S/C23H30N2O7/c1-15(13-26)24-20(27)18-11-7-6-10-17(12-16-8-4-3-5-9-16)22(29)32-14-19(23(30)31-2)25-21(18)28/h3-9,15,17-19,26H,10-14H2,1-2H3,(H,24,27)(H,25,28)/t15-,17?,18?,19?/m1/s1. The zero-order valence-corrected chi connectivity index (χ0v) is 18.3. The number of hydrogen-bond donors (Lipinski definition) is 3. The molecule has 0 spiro atoms. The third-order valence-corrected chi connectivity index (χ3v) is 5.11. The van der Waals surface area contributed by atoms with Gasteiger partial charge in [0.25, 0.3) is 0 Å². The third-order valence-electron chi connectivity index (χ3n) is 5.11. The van der Waals surface area contributed by atoms with E-state index >= 15 is 0 Å². The minimum atomic E-state index is -1.25. The number of rotatable bonds is 6. The predicted molar refractivity (Wildman–Crippen MR) is 115 cm³/mol. The van der Waals surface area contributed by atoms with Gasteiger partial charge in [-0.3, -0.25) is 14.4 Å². The van der Waals surface area contributed by atoms with Gasteiger partial charge in [0.05, 0.1) is 19.6 Å². The Bertz CT molecular complexity index is 825. The lowest BCUT2D eigenvalue weighted by Crippen LogP contribution is -2.51. The summed E-state index contributed by atoms with van der Waals surface area (Å²) in [5.74, 6) is -4.19. The van der Waals surface area contributed by atoms with Crippen LogP contribution in [0.2, 0.25) is 0 Å². The minimum absolute atomic E-state index is 0.0663. The predicted octanol–water partition coefficient (Wildman–Crippen LogP) is 0.510. The molecule has 0 saturated heterocycles. The van der Waals surface area contributed by atoms with Crippen LogP contribution in [0, 0.1) is 11.8 Å². The van der Waals surface area contributed by atoms with Crippen LogP contribution in [0.4, 0.5) is 0 Å². The van der Waals surface area contributed by atoms with Crippen molar-refractivity contribution < 1.29 is 33.8 Å². The number of esters is 2. The number of amides is 2. The molecule has 174 valence electrons. The van der Waals surface area contributed by atoms with E-state index in [4.69, 9.17) is 9.47 Å². The van der Waals surface area contributed by atoms with Crippen LogP contribution in [0.1, 0.15) is 25.3 Å². The molecule has 9 nitrogen and oxygen atoms in total. The highest BCUT2D eigenvalue weighted by atomic mass is 16.5. The van der Waals surface area contributed by atoms with Crippen molar-refractivity contribution in [2.24, 2.45) is 11.8 Å². The summed E-state index contributed by atoms with van der Waals surface area (Å²) in [4.78, 5) is 50.1. The van der Waals surface area contributed by atoms with Crippen LogP contribution in [-0.2, 0) is 35.1 Å². The molecule has 9 heteroatoms. The lowest BCUT2D eigenvalue weighted by atomic mass is 9.95. The van der Waals surface area contributed by atoms with E-state index in [0.29, 0.717) is 12.8 Å². The fraction of sp³-hybridized carbons (Fsp3) is 0.478. The van der Waals surface area contributed by atoms with Gasteiger partial charge in [0.2, 0.25) is 11.8 Å². The number of hydrogen-bond acceptors (Lipinski definition) is 7. The lowest BCUT2D eigenvalue weighted by Gasteiger charge is -2.23. The normalized spacial score (nSPS) is 23.0. The molecule has 3 unspecified atom stereocenters. The Hall–Kier alpha value is -3.20. The highest BCUT2D eigenvalue weighted by molar-refractivity contribution is 6.01. The maximum atomic E-state index is 12.7. The number of aliphatic hydroxyl groups excluding tert-OH is 1. The highest BCUT2D eigenvalue weighted by Crippen LogP contribution is 2.17. The molecule has 1 aliphatic heterocycles. The number of nitrogens with one attached hydrogen (secondary N) is 2. The van der Waals surface area contributed by atoms with Gasteiger partial charge in [0, 0.05) is 6.04 Å². The topological polar surface area (TPSA) is 131 Å². The second kappa shape index (κ2) is 12.6. The van der Waals surface area contributed by atoms with Crippen molar-refractivity contribution in [3.8, 4) is 0 Å². The number of carbonyl (C=O) groups is 4. The van der Waals surface area contributed by atoms with E-state index in [1.165, 1.54) is 0 Å². The molecule has 0 radical (unpaired) electrons. The van der Waals surface area contributed by atoms with E-state index in [1.807, 2.05) is 30.3 Å². The fourth-order valence-corrected chi connectivity index (χ4v) is 3.24. The second-order valence-electron chi connectivity index (χ2n) is 7.69. The average Bonchev–Trinajstić information content (AvgIpc) is 2.79. The Labute approximate surface area is 187 Å². The van der Waals surface area contributed by atoms with Crippen molar-refractivity contribution in [3.05, 3.63) is 48.0 Å². The summed E-state index contributed by atoms with van der Waals surface area (Å²) in [5, 5.41) is 14.2. The summed E-state index contributed by atoms with van der Waals surface area (Å²) < 4.78 is 10.0. The zero-order valence-electron chi connectivity index (χ0n) is 18.3. The van der Waals surface area contributed by atoms with Crippen LogP contribution in [0.5, 0.6) is 0 Å². The van der Waals surface area contributed by atoms with Gasteiger partial charge in [0.1, 0.15) is 12.5 Å². The van der Waals surface area contributed by atoms with Gasteiger partial charge in [-0.1, -0.05) is 42.5 Å². The highest BCUT2D eigenvalue weighted by Gasteiger charge is 2.32. The van der Waals surface area contributed by atoms with Gasteiger partial charge in [-0.25, -0.2) is 4.79 Å². The third kappa shape index (κ3) is 7.49. The summed E-state index contributed by atoms with van der Waals surface area (Å²) in [5.41, 5.74) is 0.961. The van der Waals surface area contributed by atoms with Gasteiger partial charge < -0.3 is 25.2 Å². The van der Waals surface area contributed by atoms with Crippen LogP contribution in [0.25, 0.3) is 0 Å². The van der Waals surface area contributed by atoms with Crippen LogP contribution in [0.3, 0.4) is 0 Å². The second-order valence-corrected chi connectivity index (χ2v) is 7.69. The first kappa shape index (κ1) is 25.1. The number of aliphatic hydroxyl groups is 1. The smallest absolute Gasteiger partial charge is 0.331 e. The van der Waals surface area contributed by atoms with Crippen molar-refractivity contribution in [1.29, 1.82) is 0 Å². The number of ether oxygens (including phenoxy) is 2. The summed E-state index contributed by atoms with van der Waals surface area (Å²) in [6, 6.07) is 7.68. The summed E-state index contributed by atoms with van der Waals surface area (Å²) in [7, 11) is 1.15. The van der Waals surface area contributed by atoms with E-state index in [2.05, 4.69) is 10.6 Å². The Morgan fingerprint density at radius 2 is 1.91 bits per heavy atom. The molecule has 1 heterocycles. The Morgan fingerprint density at radius 3 is 2.56 bits per heavy atom. The van der Waals surface area contributed by atoms with Crippen LogP contribution in [0.15, 0.2) is 42.5 Å². The SMILES string of the molecule is COC(=O)C1COC(=O)C(Cc2ccccc2)CC=CCC(C(=O)N[C@H](C)CO)C(=O)N1. The molecule has 0 fully saturated rings. The largest absolute Gasteiger partial charge is 0.467 e. The molecule has 0 saturated carbocycles. The van der Waals surface area contributed by atoms with E-state index < -0.39 is 54.3 Å². The van der Waals surface area contributed by atoms with Crippen molar-refractivity contribution in [2.75, 3.05) is 20.3 Å². The van der Waals surface area contributed by atoms with Gasteiger partial charge >= 0.3 is 11.9 Å². The number of allylic oxidation sites excluding steroid dienone is 2. The van der Waals surface area contributed by atoms with Crippen LogP contribution < -0.4 is 10.6 Å². The average molecular weight is 447 g/mol. The van der Waals surface area contributed by atoms with Crippen molar-refractivity contribution >= 4 is 23.8 Å². The number of cyclic esters (lactones) is 1. The molecule has 0 aromatic heterocycles. The molecule has 0 bridgehead atoms. The Morgan fingerprint density at radius 1 is 1.22 bits per heavy atom. The van der Waals surface area contributed by atoms with E-state index in [0.717, 1.165) is 12.7 Å². The van der Waals surface area contributed by atoms with E-state index in [1.54, 1.807) is 19.1 Å². The molecule has 1 aliphatic rings. The lowest BCUT2D eigenvalue weighted by molar-refractivity contribution is -0.155. The Kier molecular flexibility index (Phi) is 9.87. The molecule has 2 amide bonds. The first-order valence-corrected chi connectivity index (χ1v) is 10.5. The molecule has 32 heavy (non-hydrogen) atoms. The first-order chi connectivity index (χ1) is 15.3. The number of methoxy groups -OCH3 is 1.